The number of rotatable bonds is 5. The van der Waals surface area contributed by atoms with E-state index in [4.69, 9.17) is 0 Å². The van der Waals surface area contributed by atoms with Crippen LogP contribution in [0.5, 0.6) is 0 Å². The standard InChI is InChI=1S/C13H20O2SSi/c1-17(2,3)12-8-7-11-16(14,15)13-9-5-4-6-10-13/h4-7,9-11H,8,12H2,1-3H3/b11-7+. The Kier molecular flexibility index (Phi) is 4.71. The van der Waals surface area contributed by atoms with Crippen molar-refractivity contribution >= 4 is 17.9 Å². The van der Waals surface area contributed by atoms with E-state index < -0.39 is 17.9 Å². The minimum Gasteiger partial charge on any atom is -0.219 e. The molecule has 1 rings (SSSR count). The Morgan fingerprint density at radius 1 is 1.12 bits per heavy atom. The molecule has 0 fully saturated rings. The minimum absolute atomic E-state index is 0.365. The number of hydrogen-bond acceptors (Lipinski definition) is 2. The largest absolute Gasteiger partial charge is 0.219 e. The summed E-state index contributed by atoms with van der Waals surface area (Å²) in [5.74, 6) is 0. The van der Waals surface area contributed by atoms with Gasteiger partial charge in [-0.3, -0.25) is 0 Å². The van der Waals surface area contributed by atoms with Crippen molar-refractivity contribution in [3.05, 3.63) is 41.8 Å². The summed E-state index contributed by atoms with van der Waals surface area (Å²) >= 11 is 0. The van der Waals surface area contributed by atoms with E-state index >= 15 is 0 Å². The van der Waals surface area contributed by atoms with Crippen LogP contribution in [0.4, 0.5) is 0 Å². The Morgan fingerprint density at radius 2 is 1.71 bits per heavy atom. The summed E-state index contributed by atoms with van der Waals surface area (Å²) in [6.07, 6.45) is 2.63. The zero-order valence-corrected chi connectivity index (χ0v) is 12.5. The van der Waals surface area contributed by atoms with Crippen molar-refractivity contribution in [1.82, 2.24) is 0 Å². The molecule has 0 N–H and O–H groups in total. The summed E-state index contributed by atoms with van der Waals surface area (Å²) in [6, 6.07) is 9.66. The summed E-state index contributed by atoms with van der Waals surface area (Å²) in [4.78, 5) is 0.365. The zero-order valence-electron chi connectivity index (χ0n) is 10.7. The maximum absolute atomic E-state index is 11.9. The number of hydrogen-bond donors (Lipinski definition) is 0. The molecule has 0 aliphatic heterocycles. The second-order valence-corrected chi connectivity index (χ2v) is 12.8. The van der Waals surface area contributed by atoms with Crippen LogP contribution >= 0.6 is 0 Å². The molecule has 0 amide bonds. The monoisotopic (exact) mass is 268 g/mol. The Morgan fingerprint density at radius 3 is 2.24 bits per heavy atom. The van der Waals surface area contributed by atoms with Gasteiger partial charge in [0.05, 0.1) is 4.90 Å². The molecular weight excluding hydrogens is 248 g/mol. The SMILES string of the molecule is C[Si](C)(C)CC/C=C/S(=O)(=O)c1ccccc1. The molecule has 4 heteroatoms. The fourth-order valence-electron chi connectivity index (χ4n) is 1.40. The molecule has 2 nitrogen and oxygen atoms in total. The lowest BCUT2D eigenvalue weighted by Crippen LogP contribution is -2.18. The van der Waals surface area contributed by atoms with Crippen LogP contribution in [0.25, 0.3) is 0 Å². The Bertz CT molecular complexity index is 470. The molecule has 0 radical (unpaired) electrons. The Balaban J connectivity index is 2.66. The number of sulfone groups is 1. The summed E-state index contributed by atoms with van der Waals surface area (Å²) in [7, 11) is -4.32. The minimum atomic E-state index is -3.24. The van der Waals surface area contributed by atoms with E-state index in [-0.39, 0.29) is 0 Å². The third-order valence-electron chi connectivity index (χ3n) is 2.41. The van der Waals surface area contributed by atoms with Crippen LogP contribution in [0.3, 0.4) is 0 Å². The van der Waals surface area contributed by atoms with Crippen molar-refractivity contribution in [2.24, 2.45) is 0 Å². The van der Waals surface area contributed by atoms with Crippen LogP contribution in [0.15, 0.2) is 46.7 Å². The molecule has 0 aliphatic carbocycles. The quantitative estimate of drug-likeness (QED) is 0.763. The van der Waals surface area contributed by atoms with Crippen molar-refractivity contribution in [2.45, 2.75) is 37.0 Å². The van der Waals surface area contributed by atoms with Crippen LogP contribution in [0, 0.1) is 0 Å². The van der Waals surface area contributed by atoms with E-state index in [1.807, 2.05) is 6.07 Å². The van der Waals surface area contributed by atoms with Gasteiger partial charge < -0.3 is 0 Å². The average molecular weight is 268 g/mol. The molecule has 0 saturated carbocycles. The molecule has 0 saturated heterocycles. The van der Waals surface area contributed by atoms with Crippen molar-refractivity contribution < 1.29 is 8.42 Å². The van der Waals surface area contributed by atoms with Gasteiger partial charge in [-0.25, -0.2) is 8.42 Å². The van der Waals surface area contributed by atoms with E-state index in [9.17, 15) is 8.42 Å². The smallest absolute Gasteiger partial charge is 0.199 e. The lowest BCUT2D eigenvalue weighted by atomic mass is 10.4. The predicted octanol–water partition coefficient (Wildman–Crippen LogP) is 3.70. The maximum Gasteiger partial charge on any atom is 0.199 e. The first-order valence-corrected chi connectivity index (χ1v) is 11.0. The van der Waals surface area contributed by atoms with Crippen LogP contribution in [0.2, 0.25) is 25.7 Å². The fourth-order valence-corrected chi connectivity index (χ4v) is 3.52. The van der Waals surface area contributed by atoms with Crippen molar-refractivity contribution in [2.75, 3.05) is 0 Å². The first kappa shape index (κ1) is 14.2. The summed E-state index contributed by atoms with van der Waals surface area (Å²) < 4.78 is 23.8. The molecule has 0 atom stereocenters. The van der Waals surface area contributed by atoms with Gasteiger partial charge in [0.1, 0.15) is 0 Å². The summed E-state index contributed by atoms with van der Waals surface area (Å²) in [6.45, 7) is 6.85. The first-order chi connectivity index (χ1) is 7.81. The lowest BCUT2D eigenvalue weighted by molar-refractivity contribution is 0.604. The molecule has 0 heterocycles. The number of benzene rings is 1. The van der Waals surface area contributed by atoms with Crippen molar-refractivity contribution in [3.63, 3.8) is 0 Å². The zero-order chi connectivity index (χ0) is 12.9. The molecule has 17 heavy (non-hydrogen) atoms. The third kappa shape index (κ3) is 5.32. The van der Waals surface area contributed by atoms with Crippen molar-refractivity contribution in [3.8, 4) is 0 Å². The number of allylic oxidation sites excluding steroid dienone is 1. The second kappa shape index (κ2) is 5.64. The Labute approximate surface area is 105 Å². The summed E-state index contributed by atoms with van der Waals surface area (Å²) in [5, 5.41) is 1.34. The van der Waals surface area contributed by atoms with E-state index in [2.05, 4.69) is 19.6 Å². The molecule has 0 aromatic heterocycles. The molecule has 0 unspecified atom stereocenters. The van der Waals surface area contributed by atoms with E-state index in [0.717, 1.165) is 12.5 Å². The van der Waals surface area contributed by atoms with Crippen LogP contribution in [0.1, 0.15) is 6.42 Å². The second-order valence-electron chi connectivity index (χ2n) is 5.33. The van der Waals surface area contributed by atoms with Gasteiger partial charge in [-0.2, -0.15) is 0 Å². The van der Waals surface area contributed by atoms with Gasteiger partial charge >= 0.3 is 0 Å². The van der Waals surface area contributed by atoms with E-state index in [1.165, 1.54) is 5.41 Å². The molecule has 1 aromatic carbocycles. The highest BCUT2D eigenvalue weighted by molar-refractivity contribution is 7.94. The lowest BCUT2D eigenvalue weighted by Gasteiger charge is -2.13. The van der Waals surface area contributed by atoms with Gasteiger partial charge in [0.25, 0.3) is 0 Å². The highest BCUT2D eigenvalue weighted by Gasteiger charge is 2.12. The van der Waals surface area contributed by atoms with Crippen molar-refractivity contribution in [1.29, 1.82) is 0 Å². The fraction of sp³-hybridized carbons (Fsp3) is 0.385. The highest BCUT2D eigenvalue weighted by atomic mass is 32.2. The molecule has 0 aliphatic rings. The summed E-state index contributed by atoms with van der Waals surface area (Å²) in [5.41, 5.74) is 0. The van der Waals surface area contributed by atoms with Gasteiger partial charge in [-0.1, -0.05) is 50.0 Å². The average Bonchev–Trinajstić information content (AvgIpc) is 2.25. The molecule has 1 aromatic rings. The van der Waals surface area contributed by atoms with E-state index in [0.29, 0.717) is 4.90 Å². The van der Waals surface area contributed by atoms with Gasteiger partial charge in [0.15, 0.2) is 9.84 Å². The van der Waals surface area contributed by atoms with Crippen LogP contribution in [-0.4, -0.2) is 16.5 Å². The molecule has 0 bridgehead atoms. The van der Waals surface area contributed by atoms with Gasteiger partial charge in [0, 0.05) is 13.5 Å². The predicted molar refractivity (Wildman–Crippen MR) is 75.5 cm³/mol. The first-order valence-electron chi connectivity index (χ1n) is 5.78. The van der Waals surface area contributed by atoms with Gasteiger partial charge in [-0.15, -0.1) is 0 Å². The normalized spacial score (nSPS) is 13.1. The van der Waals surface area contributed by atoms with Crippen LogP contribution in [-0.2, 0) is 9.84 Å². The van der Waals surface area contributed by atoms with Crippen LogP contribution < -0.4 is 0 Å². The van der Waals surface area contributed by atoms with Gasteiger partial charge in [-0.05, 0) is 18.6 Å². The van der Waals surface area contributed by atoms with E-state index in [1.54, 1.807) is 30.3 Å². The van der Waals surface area contributed by atoms with Gasteiger partial charge in [0.2, 0.25) is 0 Å². The third-order valence-corrected chi connectivity index (χ3v) is 5.68. The molecular formula is C13H20O2SSi. The topological polar surface area (TPSA) is 34.1 Å². The molecule has 0 spiro atoms. The highest BCUT2D eigenvalue weighted by Crippen LogP contribution is 2.14. The maximum atomic E-state index is 11.9. The Hall–Kier alpha value is -0.873. The molecule has 94 valence electrons.